The summed E-state index contributed by atoms with van der Waals surface area (Å²) in [5.74, 6) is 0.850. The molecular formula is C21H35F2N5O. The van der Waals surface area contributed by atoms with E-state index in [-0.39, 0.29) is 5.75 Å². The average molecular weight is 412 g/mol. The van der Waals surface area contributed by atoms with Crippen LogP contribution in [-0.4, -0.2) is 75.2 Å². The standard InChI is InChI=1S/C21H35F2N5O/c1-4-27-11-13-28(14-12-27)10-6-5-9-25-21(24-3)26-16-18-15-17(2)7-8-19(18)29-20(22)23/h7-8,15,20H,4-6,9-14,16H2,1-3H3,(H2,24,25,26). The third kappa shape index (κ3) is 8.53. The number of rotatable bonds is 10. The van der Waals surface area contributed by atoms with E-state index in [9.17, 15) is 8.78 Å². The molecule has 0 aliphatic carbocycles. The minimum absolute atomic E-state index is 0.191. The fourth-order valence-corrected chi connectivity index (χ4v) is 3.45. The Morgan fingerprint density at radius 2 is 1.86 bits per heavy atom. The van der Waals surface area contributed by atoms with E-state index in [4.69, 9.17) is 0 Å². The van der Waals surface area contributed by atoms with Gasteiger partial charge in [0.2, 0.25) is 0 Å². The third-order valence-corrected chi connectivity index (χ3v) is 5.21. The lowest BCUT2D eigenvalue weighted by atomic mass is 10.1. The first-order valence-corrected chi connectivity index (χ1v) is 10.5. The zero-order valence-electron chi connectivity index (χ0n) is 17.9. The molecule has 2 rings (SSSR count). The van der Waals surface area contributed by atoms with Gasteiger partial charge in [-0.2, -0.15) is 8.78 Å². The first-order chi connectivity index (χ1) is 14.0. The summed E-state index contributed by atoms with van der Waals surface area (Å²) in [7, 11) is 1.70. The SMILES string of the molecule is CCN1CCN(CCCCNC(=NC)NCc2cc(C)ccc2OC(F)F)CC1. The van der Waals surface area contributed by atoms with Crippen molar-refractivity contribution in [3.63, 3.8) is 0 Å². The number of aliphatic imine (C=N–C) groups is 1. The Morgan fingerprint density at radius 1 is 1.14 bits per heavy atom. The molecule has 6 nitrogen and oxygen atoms in total. The number of nitrogens with one attached hydrogen (secondary N) is 2. The quantitative estimate of drug-likeness (QED) is 0.352. The highest BCUT2D eigenvalue weighted by Gasteiger charge is 2.14. The van der Waals surface area contributed by atoms with Gasteiger partial charge in [0.25, 0.3) is 0 Å². The van der Waals surface area contributed by atoms with Gasteiger partial charge in [-0.15, -0.1) is 0 Å². The predicted octanol–water partition coefficient (Wildman–Crippen LogP) is 2.68. The number of ether oxygens (including phenoxy) is 1. The lowest BCUT2D eigenvalue weighted by molar-refractivity contribution is -0.0504. The van der Waals surface area contributed by atoms with Crippen molar-refractivity contribution in [1.82, 2.24) is 20.4 Å². The van der Waals surface area contributed by atoms with Gasteiger partial charge in [-0.25, -0.2) is 0 Å². The number of guanidine groups is 1. The van der Waals surface area contributed by atoms with E-state index < -0.39 is 6.61 Å². The Labute approximate surface area is 173 Å². The smallest absolute Gasteiger partial charge is 0.387 e. The molecule has 1 aromatic rings. The zero-order valence-corrected chi connectivity index (χ0v) is 17.9. The van der Waals surface area contributed by atoms with Crippen LogP contribution in [0.25, 0.3) is 0 Å². The highest BCUT2D eigenvalue weighted by Crippen LogP contribution is 2.21. The number of alkyl halides is 2. The van der Waals surface area contributed by atoms with Crippen LogP contribution >= 0.6 is 0 Å². The number of likely N-dealkylation sites (N-methyl/N-ethyl adjacent to an activating group) is 1. The van der Waals surface area contributed by atoms with Gasteiger partial charge in [-0.05, 0) is 38.9 Å². The highest BCUT2D eigenvalue weighted by molar-refractivity contribution is 5.79. The van der Waals surface area contributed by atoms with Crippen molar-refractivity contribution in [2.75, 3.05) is 52.9 Å². The topological polar surface area (TPSA) is 52.1 Å². The maximum Gasteiger partial charge on any atom is 0.387 e. The Bertz CT molecular complexity index is 633. The molecule has 1 heterocycles. The van der Waals surface area contributed by atoms with Crippen LogP contribution in [0.2, 0.25) is 0 Å². The first-order valence-electron chi connectivity index (χ1n) is 10.5. The fraction of sp³-hybridized carbons (Fsp3) is 0.667. The molecule has 164 valence electrons. The predicted molar refractivity (Wildman–Crippen MR) is 114 cm³/mol. The maximum atomic E-state index is 12.6. The van der Waals surface area contributed by atoms with Crippen molar-refractivity contribution in [3.8, 4) is 5.75 Å². The van der Waals surface area contributed by atoms with Crippen molar-refractivity contribution >= 4 is 5.96 Å². The Balaban J connectivity index is 1.67. The summed E-state index contributed by atoms with van der Waals surface area (Å²) in [5, 5.41) is 6.47. The van der Waals surface area contributed by atoms with Gasteiger partial charge in [-0.1, -0.05) is 24.6 Å². The number of unbranched alkanes of at least 4 members (excludes halogenated alkanes) is 1. The largest absolute Gasteiger partial charge is 0.434 e. The van der Waals surface area contributed by atoms with Gasteiger partial charge in [0.05, 0.1) is 0 Å². The number of benzene rings is 1. The third-order valence-electron chi connectivity index (χ3n) is 5.21. The van der Waals surface area contributed by atoms with Crippen LogP contribution in [0.5, 0.6) is 5.75 Å². The second-order valence-corrected chi connectivity index (χ2v) is 7.33. The Morgan fingerprint density at radius 3 is 2.52 bits per heavy atom. The molecule has 0 spiro atoms. The molecule has 1 saturated heterocycles. The van der Waals surface area contributed by atoms with E-state index in [2.05, 4.69) is 37.1 Å². The van der Waals surface area contributed by atoms with Gasteiger partial charge >= 0.3 is 6.61 Å². The molecule has 0 bridgehead atoms. The van der Waals surface area contributed by atoms with E-state index in [1.54, 1.807) is 19.2 Å². The molecule has 0 radical (unpaired) electrons. The van der Waals surface area contributed by atoms with E-state index in [1.807, 2.05) is 13.0 Å². The molecule has 29 heavy (non-hydrogen) atoms. The number of piperazine rings is 1. The Hall–Kier alpha value is -1.93. The van der Waals surface area contributed by atoms with Crippen molar-refractivity contribution < 1.29 is 13.5 Å². The van der Waals surface area contributed by atoms with Crippen LogP contribution in [0.4, 0.5) is 8.78 Å². The fourth-order valence-electron chi connectivity index (χ4n) is 3.45. The summed E-state index contributed by atoms with van der Waals surface area (Å²) in [5.41, 5.74) is 1.67. The molecule has 0 saturated carbocycles. The van der Waals surface area contributed by atoms with Gasteiger partial charge in [0.1, 0.15) is 5.75 Å². The second-order valence-electron chi connectivity index (χ2n) is 7.33. The first kappa shape index (κ1) is 23.3. The lowest BCUT2D eigenvalue weighted by Crippen LogP contribution is -2.46. The molecule has 0 atom stereocenters. The van der Waals surface area contributed by atoms with E-state index in [0.29, 0.717) is 18.1 Å². The molecule has 1 aromatic carbocycles. The normalized spacial score (nSPS) is 16.3. The maximum absolute atomic E-state index is 12.6. The molecule has 1 aliphatic rings. The van der Waals surface area contributed by atoms with Gasteiger partial charge in [-0.3, -0.25) is 4.99 Å². The second kappa shape index (κ2) is 12.6. The van der Waals surface area contributed by atoms with E-state index in [0.717, 1.165) is 51.1 Å². The van der Waals surface area contributed by atoms with Crippen LogP contribution in [0.15, 0.2) is 23.2 Å². The number of hydrogen-bond acceptors (Lipinski definition) is 4. The molecule has 8 heteroatoms. The Kier molecular flexibility index (Phi) is 10.1. The van der Waals surface area contributed by atoms with Crippen LogP contribution in [-0.2, 0) is 6.54 Å². The van der Waals surface area contributed by atoms with Crippen LogP contribution in [0.3, 0.4) is 0 Å². The van der Waals surface area contributed by atoms with E-state index >= 15 is 0 Å². The van der Waals surface area contributed by atoms with Crippen LogP contribution in [0, 0.1) is 6.92 Å². The monoisotopic (exact) mass is 411 g/mol. The van der Waals surface area contributed by atoms with Crippen LogP contribution in [0.1, 0.15) is 30.9 Å². The summed E-state index contributed by atoms with van der Waals surface area (Å²) in [6.45, 7) is 9.41. The summed E-state index contributed by atoms with van der Waals surface area (Å²) >= 11 is 0. The van der Waals surface area contributed by atoms with Crippen molar-refractivity contribution in [2.45, 2.75) is 39.8 Å². The highest BCUT2D eigenvalue weighted by atomic mass is 19.3. The van der Waals surface area contributed by atoms with E-state index in [1.165, 1.54) is 13.1 Å². The molecular weight excluding hydrogens is 376 g/mol. The van der Waals surface area contributed by atoms with Gasteiger partial charge < -0.3 is 25.2 Å². The van der Waals surface area contributed by atoms with Crippen molar-refractivity contribution in [1.29, 1.82) is 0 Å². The van der Waals surface area contributed by atoms with Crippen LogP contribution < -0.4 is 15.4 Å². The van der Waals surface area contributed by atoms with Crippen molar-refractivity contribution in [2.24, 2.45) is 4.99 Å². The lowest BCUT2D eigenvalue weighted by Gasteiger charge is -2.34. The molecule has 1 fully saturated rings. The van der Waals surface area contributed by atoms with Crippen molar-refractivity contribution in [3.05, 3.63) is 29.3 Å². The summed E-state index contributed by atoms with van der Waals surface area (Å²) in [6.07, 6.45) is 2.19. The summed E-state index contributed by atoms with van der Waals surface area (Å²) in [4.78, 5) is 9.23. The minimum atomic E-state index is -2.83. The summed E-state index contributed by atoms with van der Waals surface area (Å²) in [6, 6.07) is 5.18. The molecule has 2 N–H and O–H groups in total. The van der Waals surface area contributed by atoms with Gasteiger partial charge in [0, 0.05) is 51.9 Å². The number of hydrogen-bond donors (Lipinski definition) is 2. The average Bonchev–Trinajstić information content (AvgIpc) is 2.72. The number of aryl methyl sites for hydroxylation is 1. The number of nitrogens with zero attached hydrogens (tertiary/aromatic N) is 3. The molecule has 0 aromatic heterocycles. The molecule has 0 amide bonds. The zero-order chi connectivity index (χ0) is 21.1. The minimum Gasteiger partial charge on any atom is -0.434 e. The molecule has 1 aliphatic heterocycles. The molecule has 0 unspecified atom stereocenters. The number of halogens is 2. The summed E-state index contributed by atoms with van der Waals surface area (Å²) < 4.78 is 29.8. The van der Waals surface area contributed by atoms with Gasteiger partial charge in [0.15, 0.2) is 5.96 Å².